The number of nitriles is 1. The minimum atomic E-state index is -0.559. The average Bonchev–Trinajstić information content (AvgIpc) is 3.52. The number of hydrogen-bond donors (Lipinski definition) is 1. The number of rotatable bonds is 5. The van der Waals surface area contributed by atoms with Crippen molar-refractivity contribution in [1.29, 1.82) is 5.26 Å². The van der Waals surface area contributed by atoms with E-state index in [4.69, 9.17) is 10.00 Å². The van der Waals surface area contributed by atoms with Crippen molar-refractivity contribution in [3.63, 3.8) is 0 Å². The second-order valence-corrected chi connectivity index (χ2v) is 6.38. The number of aromatic nitrogens is 2. The summed E-state index contributed by atoms with van der Waals surface area (Å²) in [6, 6.07) is 18.6. The fourth-order valence-corrected chi connectivity index (χ4v) is 2.91. The summed E-state index contributed by atoms with van der Waals surface area (Å²) in [5, 5.41) is 11.7. The van der Waals surface area contributed by atoms with Gasteiger partial charge in [-0.2, -0.15) is 5.26 Å². The van der Waals surface area contributed by atoms with Crippen molar-refractivity contribution in [3.8, 4) is 17.6 Å². The number of carbonyl (C=O) groups is 1. The van der Waals surface area contributed by atoms with Gasteiger partial charge in [-0.3, -0.25) is 10.1 Å². The molecule has 1 aliphatic rings. The number of ether oxygens (including phenoxy) is 1. The van der Waals surface area contributed by atoms with Crippen LogP contribution in [0.25, 0.3) is 0 Å². The molecule has 132 valence electrons. The van der Waals surface area contributed by atoms with Crippen LogP contribution in [0.3, 0.4) is 0 Å². The van der Waals surface area contributed by atoms with Gasteiger partial charge in [0.2, 0.25) is 11.9 Å². The van der Waals surface area contributed by atoms with Crippen LogP contribution >= 0.6 is 0 Å². The Bertz CT molecular complexity index is 989. The number of hydrogen-bond acceptors (Lipinski definition) is 5. The fourth-order valence-electron chi connectivity index (χ4n) is 2.91. The summed E-state index contributed by atoms with van der Waals surface area (Å²) in [5.41, 5.74) is 0.923. The number of anilines is 1. The first-order valence-electron chi connectivity index (χ1n) is 8.57. The number of benzene rings is 2. The highest BCUT2D eigenvalue weighted by Gasteiger charge is 2.51. The Balaban J connectivity index is 1.44. The molecular formula is C21H16N4O2. The highest BCUT2D eigenvalue weighted by Crippen LogP contribution is 2.48. The monoisotopic (exact) mass is 356 g/mol. The molecule has 1 saturated carbocycles. The number of para-hydroxylation sites is 1. The normalized spacial score (nSPS) is 14.0. The molecule has 1 amide bonds. The topological polar surface area (TPSA) is 87.9 Å². The Morgan fingerprint density at radius 1 is 1.00 bits per heavy atom. The van der Waals surface area contributed by atoms with E-state index in [1.54, 1.807) is 12.1 Å². The predicted octanol–water partition coefficient (Wildman–Crippen LogP) is 3.81. The van der Waals surface area contributed by atoms with Crippen LogP contribution in [-0.2, 0) is 10.2 Å². The van der Waals surface area contributed by atoms with Crippen LogP contribution in [-0.4, -0.2) is 15.9 Å². The van der Waals surface area contributed by atoms with Gasteiger partial charge in [0.15, 0.2) is 5.75 Å². The molecule has 0 atom stereocenters. The summed E-state index contributed by atoms with van der Waals surface area (Å²) in [4.78, 5) is 21.1. The van der Waals surface area contributed by atoms with Crippen LogP contribution in [0.15, 0.2) is 67.0 Å². The summed E-state index contributed by atoms with van der Waals surface area (Å²) >= 11 is 0. The van der Waals surface area contributed by atoms with Crippen LogP contribution in [0, 0.1) is 11.3 Å². The van der Waals surface area contributed by atoms with Gasteiger partial charge in [-0.1, -0.05) is 30.3 Å². The first-order valence-corrected chi connectivity index (χ1v) is 8.57. The smallest absolute Gasteiger partial charge is 0.237 e. The molecule has 0 radical (unpaired) electrons. The quantitative estimate of drug-likeness (QED) is 0.751. The van der Waals surface area contributed by atoms with Crippen LogP contribution in [0.4, 0.5) is 5.95 Å². The Morgan fingerprint density at radius 2 is 1.67 bits per heavy atom. The summed E-state index contributed by atoms with van der Waals surface area (Å²) < 4.78 is 5.65. The molecule has 6 heteroatoms. The SMILES string of the molecule is N#Cc1ccc(C2(C(=O)Nc3ncc(Oc4ccccc4)cn3)CC2)cc1. The van der Waals surface area contributed by atoms with E-state index in [0.717, 1.165) is 18.4 Å². The van der Waals surface area contributed by atoms with E-state index in [-0.39, 0.29) is 11.9 Å². The molecule has 3 aromatic rings. The van der Waals surface area contributed by atoms with E-state index in [1.807, 2.05) is 42.5 Å². The van der Waals surface area contributed by atoms with Crippen LogP contribution in [0.1, 0.15) is 24.0 Å². The summed E-state index contributed by atoms with van der Waals surface area (Å²) in [7, 11) is 0. The molecule has 0 aliphatic heterocycles. The van der Waals surface area contributed by atoms with Crippen molar-refractivity contribution in [2.75, 3.05) is 5.32 Å². The molecular weight excluding hydrogens is 340 g/mol. The van der Waals surface area contributed by atoms with E-state index in [9.17, 15) is 4.79 Å². The standard InChI is InChI=1S/C21H16N4O2/c22-12-15-6-8-16(9-7-15)21(10-11-21)19(26)25-20-23-13-18(14-24-20)27-17-4-2-1-3-5-17/h1-9,13-14H,10-11H2,(H,23,24,25,26). The van der Waals surface area contributed by atoms with Gasteiger partial charge in [0.05, 0.1) is 29.4 Å². The number of carbonyl (C=O) groups excluding carboxylic acids is 1. The summed E-state index contributed by atoms with van der Waals surface area (Å²) in [6.07, 6.45) is 4.58. The van der Waals surface area contributed by atoms with Crippen molar-refractivity contribution in [1.82, 2.24) is 9.97 Å². The highest BCUT2D eigenvalue weighted by molar-refractivity contribution is 6.00. The predicted molar refractivity (Wildman–Crippen MR) is 99.2 cm³/mol. The Labute approximate surface area is 156 Å². The Kier molecular flexibility index (Phi) is 4.27. The molecule has 1 aromatic heterocycles. The second kappa shape index (κ2) is 6.89. The molecule has 1 heterocycles. The van der Waals surface area contributed by atoms with Crippen molar-refractivity contribution in [2.24, 2.45) is 0 Å². The lowest BCUT2D eigenvalue weighted by molar-refractivity contribution is -0.118. The third-order valence-electron chi connectivity index (χ3n) is 4.58. The molecule has 27 heavy (non-hydrogen) atoms. The second-order valence-electron chi connectivity index (χ2n) is 6.38. The van der Waals surface area contributed by atoms with E-state index in [0.29, 0.717) is 17.1 Å². The molecule has 4 rings (SSSR count). The molecule has 6 nitrogen and oxygen atoms in total. The molecule has 1 aliphatic carbocycles. The van der Waals surface area contributed by atoms with Gasteiger partial charge in [0, 0.05) is 0 Å². The van der Waals surface area contributed by atoms with Crippen LogP contribution in [0.2, 0.25) is 0 Å². The maximum absolute atomic E-state index is 12.7. The van der Waals surface area contributed by atoms with E-state index in [2.05, 4.69) is 21.4 Å². The van der Waals surface area contributed by atoms with Gasteiger partial charge in [-0.05, 0) is 42.7 Å². The molecule has 1 N–H and O–H groups in total. The average molecular weight is 356 g/mol. The van der Waals surface area contributed by atoms with E-state index in [1.165, 1.54) is 12.4 Å². The first kappa shape index (κ1) is 16.7. The molecule has 1 fully saturated rings. The number of nitrogens with one attached hydrogen (secondary N) is 1. The summed E-state index contributed by atoms with van der Waals surface area (Å²) in [6.45, 7) is 0. The van der Waals surface area contributed by atoms with Crippen LogP contribution < -0.4 is 10.1 Å². The number of amides is 1. The van der Waals surface area contributed by atoms with E-state index < -0.39 is 5.41 Å². The minimum Gasteiger partial charge on any atom is -0.454 e. The lowest BCUT2D eigenvalue weighted by Gasteiger charge is -2.15. The molecule has 2 aromatic carbocycles. The van der Waals surface area contributed by atoms with Crippen molar-refractivity contribution in [2.45, 2.75) is 18.3 Å². The van der Waals surface area contributed by atoms with Crippen molar-refractivity contribution < 1.29 is 9.53 Å². The van der Waals surface area contributed by atoms with Gasteiger partial charge in [0.25, 0.3) is 0 Å². The van der Waals surface area contributed by atoms with Crippen LogP contribution in [0.5, 0.6) is 11.5 Å². The van der Waals surface area contributed by atoms with Gasteiger partial charge < -0.3 is 4.74 Å². The molecule has 0 unspecified atom stereocenters. The molecule has 0 saturated heterocycles. The minimum absolute atomic E-state index is 0.135. The zero-order valence-corrected chi connectivity index (χ0v) is 14.4. The maximum atomic E-state index is 12.7. The lowest BCUT2D eigenvalue weighted by Crippen LogP contribution is -2.28. The van der Waals surface area contributed by atoms with Gasteiger partial charge >= 0.3 is 0 Å². The summed E-state index contributed by atoms with van der Waals surface area (Å²) in [5.74, 6) is 1.28. The van der Waals surface area contributed by atoms with Gasteiger partial charge in [-0.25, -0.2) is 9.97 Å². The van der Waals surface area contributed by atoms with Crippen molar-refractivity contribution in [3.05, 3.63) is 78.1 Å². The van der Waals surface area contributed by atoms with Gasteiger partial charge in [-0.15, -0.1) is 0 Å². The molecule has 0 bridgehead atoms. The zero-order valence-electron chi connectivity index (χ0n) is 14.4. The zero-order chi connectivity index (χ0) is 18.7. The lowest BCUT2D eigenvalue weighted by atomic mass is 9.94. The third-order valence-corrected chi connectivity index (χ3v) is 4.58. The fraction of sp³-hybridized carbons (Fsp3) is 0.143. The van der Waals surface area contributed by atoms with E-state index >= 15 is 0 Å². The third kappa shape index (κ3) is 3.48. The largest absolute Gasteiger partial charge is 0.454 e. The highest BCUT2D eigenvalue weighted by atomic mass is 16.5. The Morgan fingerprint density at radius 3 is 2.26 bits per heavy atom. The van der Waals surface area contributed by atoms with Crippen molar-refractivity contribution >= 4 is 11.9 Å². The Hall–Kier alpha value is -3.72. The van der Waals surface area contributed by atoms with Gasteiger partial charge in [0.1, 0.15) is 5.75 Å². The maximum Gasteiger partial charge on any atom is 0.237 e. The first-order chi connectivity index (χ1) is 13.2. The number of nitrogens with zero attached hydrogens (tertiary/aromatic N) is 3. The molecule has 0 spiro atoms.